The monoisotopic (exact) mass is 538 g/mol. The lowest BCUT2D eigenvalue weighted by Gasteiger charge is -2.18. The highest BCUT2D eigenvalue weighted by Crippen LogP contribution is 2.18. The number of ether oxygens (including phenoxy) is 1. The Morgan fingerprint density at radius 3 is 1.24 bits per heavy atom. The molecule has 4 heteroatoms. The van der Waals surface area contributed by atoms with E-state index in [0.717, 1.165) is 51.4 Å². The number of hydrogen-bond donors (Lipinski definition) is 1. The molecule has 226 valence electrons. The van der Waals surface area contributed by atoms with Crippen LogP contribution in [-0.2, 0) is 14.3 Å². The van der Waals surface area contributed by atoms with E-state index < -0.39 is 5.97 Å². The van der Waals surface area contributed by atoms with Crippen LogP contribution in [0.15, 0.2) is 0 Å². The lowest BCUT2D eigenvalue weighted by atomic mass is 10.0. The molecule has 0 spiro atoms. The van der Waals surface area contributed by atoms with Gasteiger partial charge in [0.25, 0.3) is 0 Å². The minimum absolute atomic E-state index is 0.0314. The Morgan fingerprint density at radius 1 is 0.474 bits per heavy atom. The Balaban J connectivity index is 3.63. The molecule has 1 atom stereocenters. The van der Waals surface area contributed by atoms with Crippen molar-refractivity contribution in [1.29, 1.82) is 0 Å². The summed E-state index contributed by atoms with van der Waals surface area (Å²) in [4.78, 5) is 22.9. The first-order valence-corrected chi connectivity index (χ1v) is 17.0. The van der Waals surface area contributed by atoms with Crippen LogP contribution in [0.5, 0.6) is 0 Å². The Labute approximate surface area is 237 Å². The predicted molar refractivity (Wildman–Crippen MR) is 163 cm³/mol. The standard InChI is InChI=1S/C34H66O4/c1-3-5-7-8-9-10-13-18-21-24-27-31-34(37)38-32(28-6-4-2)29-25-22-19-16-14-11-12-15-17-20-23-26-30-33(35)36/h32H,3-31H2,1-2H3,(H,35,36). The summed E-state index contributed by atoms with van der Waals surface area (Å²) in [6, 6.07) is 0. The van der Waals surface area contributed by atoms with Crippen molar-refractivity contribution in [3.05, 3.63) is 0 Å². The van der Waals surface area contributed by atoms with Crippen molar-refractivity contribution in [2.75, 3.05) is 0 Å². The second kappa shape index (κ2) is 30.5. The van der Waals surface area contributed by atoms with Crippen molar-refractivity contribution < 1.29 is 19.4 Å². The minimum atomic E-state index is -0.669. The van der Waals surface area contributed by atoms with Gasteiger partial charge in [-0.15, -0.1) is 0 Å². The topological polar surface area (TPSA) is 63.6 Å². The third-order valence-electron chi connectivity index (χ3n) is 7.83. The summed E-state index contributed by atoms with van der Waals surface area (Å²) < 4.78 is 5.90. The molecule has 0 heterocycles. The van der Waals surface area contributed by atoms with Crippen molar-refractivity contribution in [1.82, 2.24) is 0 Å². The number of carboxylic acids is 1. The van der Waals surface area contributed by atoms with Gasteiger partial charge in [0.2, 0.25) is 0 Å². The van der Waals surface area contributed by atoms with Crippen LogP contribution >= 0.6 is 0 Å². The number of aliphatic carboxylic acids is 1. The van der Waals surface area contributed by atoms with E-state index in [9.17, 15) is 9.59 Å². The Bertz CT molecular complexity index is 505. The van der Waals surface area contributed by atoms with Gasteiger partial charge in [-0.05, 0) is 32.1 Å². The summed E-state index contributed by atoms with van der Waals surface area (Å²) in [7, 11) is 0. The quantitative estimate of drug-likeness (QED) is 0.0704. The molecule has 1 unspecified atom stereocenters. The van der Waals surface area contributed by atoms with Crippen molar-refractivity contribution in [2.24, 2.45) is 0 Å². The van der Waals surface area contributed by atoms with Crippen LogP contribution in [0.4, 0.5) is 0 Å². The molecule has 0 saturated carbocycles. The number of carboxylic acid groups (broad SMARTS) is 1. The highest BCUT2D eigenvalue weighted by molar-refractivity contribution is 5.69. The number of esters is 1. The van der Waals surface area contributed by atoms with Gasteiger partial charge in [0.15, 0.2) is 0 Å². The molecule has 38 heavy (non-hydrogen) atoms. The molecule has 4 nitrogen and oxygen atoms in total. The summed E-state index contributed by atoms with van der Waals surface area (Å²) in [6.07, 6.45) is 34.4. The average molecular weight is 539 g/mol. The van der Waals surface area contributed by atoms with Crippen LogP contribution < -0.4 is 0 Å². The molecular weight excluding hydrogens is 472 g/mol. The zero-order chi connectivity index (χ0) is 27.9. The smallest absolute Gasteiger partial charge is 0.306 e. The fourth-order valence-corrected chi connectivity index (χ4v) is 5.29. The maximum absolute atomic E-state index is 12.4. The molecule has 0 rings (SSSR count). The first-order chi connectivity index (χ1) is 18.6. The van der Waals surface area contributed by atoms with Gasteiger partial charge in [0.05, 0.1) is 0 Å². The normalized spacial score (nSPS) is 12.1. The van der Waals surface area contributed by atoms with Crippen molar-refractivity contribution in [3.63, 3.8) is 0 Å². The first kappa shape index (κ1) is 36.9. The number of carbonyl (C=O) groups excluding carboxylic acids is 1. The van der Waals surface area contributed by atoms with Gasteiger partial charge >= 0.3 is 11.9 Å². The lowest BCUT2D eigenvalue weighted by molar-refractivity contribution is -0.150. The fourth-order valence-electron chi connectivity index (χ4n) is 5.29. The summed E-state index contributed by atoms with van der Waals surface area (Å²) >= 11 is 0. The zero-order valence-corrected chi connectivity index (χ0v) is 25.8. The van der Waals surface area contributed by atoms with E-state index in [0.29, 0.717) is 12.8 Å². The van der Waals surface area contributed by atoms with E-state index in [4.69, 9.17) is 9.84 Å². The summed E-state index contributed by atoms with van der Waals surface area (Å²) in [5, 5.41) is 8.65. The van der Waals surface area contributed by atoms with E-state index in [1.54, 1.807) is 0 Å². The molecular formula is C34H66O4. The molecule has 0 radical (unpaired) electrons. The van der Waals surface area contributed by atoms with Gasteiger partial charge in [-0.3, -0.25) is 9.59 Å². The SMILES string of the molecule is CCCCCCCCCCCCCC(=O)OC(CCCC)CCCCCCCCCCCCCCC(=O)O. The highest BCUT2D eigenvalue weighted by atomic mass is 16.5. The van der Waals surface area contributed by atoms with Crippen LogP contribution in [0, 0.1) is 0 Å². The first-order valence-electron chi connectivity index (χ1n) is 17.0. The molecule has 0 fully saturated rings. The van der Waals surface area contributed by atoms with Gasteiger partial charge in [-0.25, -0.2) is 0 Å². The van der Waals surface area contributed by atoms with E-state index >= 15 is 0 Å². The lowest BCUT2D eigenvalue weighted by Crippen LogP contribution is -2.18. The van der Waals surface area contributed by atoms with E-state index in [1.165, 1.54) is 122 Å². The number of carbonyl (C=O) groups is 2. The molecule has 0 aromatic heterocycles. The molecule has 0 bridgehead atoms. The average Bonchev–Trinajstić information content (AvgIpc) is 2.90. The summed E-state index contributed by atoms with van der Waals surface area (Å²) in [5.41, 5.74) is 0. The third kappa shape index (κ3) is 29.5. The maximum atomic E-state index is 12.4. The Hall–Kier alpha value is -1.06. The molecule has 0 aromatic rings. The minimum Gasteiger partial charge on any atom is -0.481 e. The second-order valence-electron chi connectivity index (χ2n) is 11.7. The van der Waals surface area contributed by atoms with Crippen LogP contribution in [0.25, 0.3) is 0 Å². The van der Waals surface area contributed by atoms with E-state index in [1.807, 2.05) is 0 Å². The predicted octanol–water partition coefficient (Wildman–Crippen LogP) is 11.3. The largest absolute Gasteiger partial charge is 0.481 e. The van der Waals surface area contributed by atoms with Crippen LogP contribution in [0.2, 0.25) is 0 Å². The van der Waals surface area contributed by atoms with Gasteiger partial charge in [-0.1, -0.05) is 155 Å². The number of rotatable bonds is 31. The maximum Gasteiger partial charge on any atom is 0.306 e. The molecule has 0 aromatic carbocycles. The second-order valence-corrected chi connectivity index (χ2v) is 11.7. The summed E-state index contributed by atoms with van der Waals surface area (Å²) in [6.45, 7) is 4.48. The molecule has 0 saturated heterocycles. The zero-order valence-electron chi connectivity index (χ0n) is 25.8. The van der Waals surface area contributed by atoms with Crippen molar-refractivity contribution >= 4 is 11.9 Å². The van der Waals surface area contributed by atoms with Crippen LogP contribution in [0.1, 0.15) is 200 Å². The van der Waals surface area contributed by atoms with E-state index in [-0.39, 0.29) is 12.1 Å². The van der Waals surface area contributed by atoms with Crippen molar-refractivity contribution in [2.45, 2.75) is 206 Å². The van der Waals surface area contributed by atoms with Gasteiger partial charge in [0, 0.05) is 12.8 Å². The van der Waals surface area contributed by atoms with E-state index in [2.05, 4.69) is 13.8 Å². The number of hydrogen-bond acceptors (Lipinski definition) is 3. The highest BCUT2D eigenvalue weighted by Gasteiger charge is 2.13. The molecule has 0 aliphatic carbocycles. The molecule has 0 aliphatic heterocycles. The van der Waals surface area contributed by atoms with Gasteiger partial charge in [0.1, 0.15) is 6.10 Å². The third-order valence-corrected chi connectivity index (χ3v) is 7.83. The van der Waals surface area contributed by atoms with Gasteiger partial charge in [-0.2, -0.15) is 0 Å². The molecule has 1 N–H and O–H groups in total. The summed E-state index contributed by atoms with van der Waals surface area (Å²) in [5.74, 6) is -0.638. The number of unbranched alkanes of at least 4 members (excludes halogenated alkanes) is 22. The van der Waals surface area contributed by atoms with Gasteiger partial charge < -0.3 is 9.84 Å². The molecule has 0 aliphatic rings. The molecule has 0 amide bonds. The Kier molecular flexibility index (Phi) is 29.6. The fraction of sp³-hybridized carbons (Fsp3) is 0.941. The van der Waals surface area contributed by atoms with Crippen LogP contribution in [-0.4, -0.2) is 23.1 Å². The Morgan fingerprint density at radius 2 is 0.816 bits per heavy atom. The van der Waals surface area contributed by atoms with Crippen molar-refractivity contribution in [3.8, 4) is 0 Å². The van der Waals surface area contributed by atoms with Crippen LogP contribution in [0.3, 0.4) is 0 Å².